The third-order valence-electron chi connectivity index (χ3n) is 3.88. The van der Waals surface area contributed by atoms with Crippen molar-refractivity contribution in [1.82, 2.24) is 9.88 Å². The van der Waals surface area contributed by atoms with Crippen LogP contribution in [-0.4, -0.2) is 43.2 Å². The minimum Gasteiger partial charge on any atom is -0.497 e. The molecule has 0 unspecified atom stereocenters. The summed E-state index contributed by atoms with van der Waals surface area (Å²) in [6.45, 7) is 5.42. The molecule has 1 fully saturated rings. The lowest BCUT2D eigenvalue weighted by atomic mass is 10.2. The first-order chi connectivity index (χ1) is 9.85. The van der Waals surface area contributed by atoms with Crippen molar-refractivity contribution in [2.45, 2.75) is 6.54 Å². The van der Waals surface area contributed by atoms with Gasteiger partial charge in [-0.15, -0.1) is 0 Å². The number of nitrogens with one attached hydrogen (secondary N) is 1. The number of methoxy groups -OCH3 is 1. The largest absolute Gasteiger partial charge is 0.497 e. The highest BCUT2D eigenvalue weighted by Gasteiger charge is 2.17. The summed E-state index contributed by atoms with van der Waals surface area (Å²) in [6.07, 6.45) is 4.07. The van der Waals surface area contributed by atoms with E-state index in [9.17, 15) is 0 Å². The number of piperazine rings is 1. The van der Waals surface area contributed by atoms with Crippen LogP contribution in [0.5, 0.6) is 5.75 Å². The number of ether oxygens (including phenoxy) is 1. The normalized spacial score (nSPS) is 16.4. The van der Waals surface area contributed by atoms with E-state index in [-0.39, 0.29) is 0 Å². The molecule has 1 aliphatic heterocycles. The molecule has 0 atom stereocenters. The van der Waals surface area contributed by atoms with Crippen molar-refractivity contribution >= 4 is 5.69 Å². The second-order valence-corrected chi connectivity index (χ2v) is 5.18. The Morgan fingerprint density at radius 1 is 1.05 bits per heavy atom. The van der Waals surface area contributed by atoms with Crippen LogP contribution in [-0.2, 0) is 6.54 Å². The molecule has 0 bridgehead atoms. The molecule has 0 amide bonds. The van der Waals surface area contributed by atoms with Crippen molar-refractivity contribution in [1.29, 1.82) is 0 Å². The van der Waals surface area contributed by atoms with Crippen molar-refractivity contribution in [3.63, 3.8) is 0 Å². The van der Waals surface area contributed by atoms with Crippen molar-refractivity contribution in [3.8, 4) is 5.75 Å². The van der Waals surface area contributed by atoms with Gasteiger partial charge in [-0.05, 0) is 35.9 Å². The molecule has 3 rings (SSSR count). The second kappa shape index (κ2) is 6.01. The van der Waals surface area contributed by atoms with Gasteiger partial charge in [-0.3, -0.25) is 4.90 Å². The number of benzene rings is 1. The Morgan fingerprint density at radius 3 is 2.40 bits per heavy atom. The van der Waals surface area contributed by atoms with Crippen molar-refractivity contribution < 1.29 is 4.74 Å². The van der Waals surface area contributed by atoms with Gasteiger partial charge in [-0.2, -0.15) is 0 Å². The summed E-state index contributed by atoms with van der Waals surface area (Å²) in [5, 5.41) is 0. The number of aromatic amines is 1. The Kier molecular flexibility index (Phi) is 3.92. The average Bonchev–Trinajstić information content (AvgIpc) is 3.01. The number of H-pyrrole nitrogens is 1. The van der Waals surface area contributed by atoms with Gasteiger partial charge in [0.1, 0.15) is 5.75 Å². The monoisotopic (exact) mass is 271 g/mol. The molecule has 1 saturated heterocycles. The van der Waals surface area contributed by atoms with Gasteiger partial charge in [-0.25, -0.2) is 0 Å². The molecule has 0 radical (unpaired) electrons. The molecule has 0 spiro atoms. The summed E-state index contributed by atoms with van der Waals surface area (Å²) in [6, 6.07) is 10.5. The SMILES string of the molecule is COc1ccc(N2CCN(Cc3cc[nH]c3)CC2)cc1. The fourth-order valence-electron chi connectivity index (χ4n) is 2.67. The number of nitrogens with zero attached hydrogens (tertiary/aromatic N) is 2. The van der Waals surface area contributed by atoms with Gasteiger partial charge in [-0.1, -0.05) is 0 Å². The highest BCUT2D eigenvalue weighted by atomic mass is 16.5. The van der Waals surface area contributed by atoms with Crippen molar-refractivity contribution in [2.75, 3.05) is 38.2 Å². The van der Waals surface area contributed by atoms with Crippen LogP contribution in [0, 0.1) is 0 Å². The van der Waals surface area contributed by atoms with Crippen LogP contribution in [0.25, 0.3) is 0 Å². The van der Waals surface area contributed by atoms with Crippen LogP contribution in [0.4, 0.5) is 5.69 Å². The Hall–Kier alpha value is -1.94. The quantitative estimate of drug-likeness (QED) is 0.926. The molecule has 0 saturated carbocycles. The first-order valence-corrected chi connectivity index (χ1v) is 7.08. The summed E-state index contributed by atoms with van der Waals surface area (Å²) in [5.41, 5.74) is 2.65. The van der Waals surface area contributed by atoms with Crippen LogP contribution in [0.3, 0.4) is 0 Å². The molecule has 4 nitrogen and oxygen atoms in total. The van der Waals surface area contributed by atoms with E-state index in [1.54, 1.807) is 7.11 Å². The first-order valence-electron chi connectivity index (χ1n) is 7.08. The third-order valence-corrected chi connectivity index (χ3v) is 3.88. The number of hydrogen-bond donors (Lipinski definition) is 1. The maximum Gasteiger partial charge on any atom is 0.119 e. The molecule has 0 aliphatic carbocycles. The van der Waals surface area contributed by atoms with Crippen LogP contribution in [0.2, 0.25) is 0 Å². The summed E-state index contributed by atoms with van der Waals surface area (Å²) in [4.78, 5) is 8.06. The molecule has 106 valence electrons. The lowest BCUT2D eigenvalue weighted by molar-refractivity contribution is 0.250. The number of hydrogen-bond acceptors (Lipinski definition) is 3. The fraction of sp³-hybridized carbons (Fsp3) is 0.375. The second-order valence-electron chi connectivity index (χ2n) is 5.18. The molecule has 20 heavy (non-hydrogen) atoms. The molecule has 1 N–H and O–H groups in total. The number of anilines is 1. The van der Waals surface area contributed by atoms with Gasteiger partial charge in [0.05, 0.1) is 7.11 Å². The van der Waals surface area contributed by atoms with Gasteiger partial charge in [0, 0.05) is 50.8 Å². The van der Waals surface area contributed by atoms with Crippen LogP contribution in [0.1, 0.15) is 5.56 Å². The highest BCUT2D eigenvalue weighted by Crippen LogP contribution is 2.20. The molecule has 2 aromatic rings. The average molecular weight is 271 g/mol. The first kappa shape index (κ1) is 13.1. The van der Waals surface area contributed by atoms with Crippen LogP contribution in [0.15, 0.2) is 42.7 Å². The molecule has 1 aromatic carbocycles. The molecule has 1 aromatic heterocycles. The van der Waals surface area contributed by atoms with Crippen LogP contribution < -0.4 is 9.64 Å². The van der Waals surface area contributed by atoms with Gasteiger partial charge in [0.15, 0.2) is 0 Å². The standard InChI is InChI=1S/C16H21N3O/c1-20-16-4-2-15(3-5-16)19-10-8-18(9-11-19)13-14-6-7-17-12-14/h2-7,12,17H,8-11,13H2,1H3. The zero-order valence-corrected chi connectivity index (χ0v) is 11.9. The van der Waals surface area contributed by atoms with Crippen molar-refractivity contribution in [2.24, 2.45) is 0 Å². The molecule has 4 heteroatoms. The van der Waals surface area contributed by atoms with Gasteiger partial charge in [0.2, 0.25) is 0 Å². The Morgan fingerprint density at radius 2 is 1.80 bits per heavy atom. The third kappa shape index (κ3) is 2.96. The van der Waals surface area contributed by atoms with Crippen molar-refractivity contribution in [3.05, 3.63) is 48.3 Å². The van der Waals surface area contributed by atoms with Gasteiger partial charge in [0.25, 0.3) is 0 Å². The predicted octanol–water partition coefficient (Wildman–Crippen LogP) is 2.35. The number of aromatic nitrogens is 1. The van der Waals surface area contributed by atoms with E-state index in [1.165, 1.54) is 11.3 Å². The maximum absolute atomic E-state index is 5.20. The Bertz CT molecular complexity index is 513. The van der Waals surface area contributed by atoms with E-state index >= 15 is 0 Å². The van der Waals surface area contributed by atoms with E-state index in [0.29, 0.717) is 0 Å². The van der Waals surface area contributed by atoms with E-state index < -0.39 is 0 Å². The van der Waals surface area contributed by atoms with E-state index in [0.717, 1.165) is 38.5 Å². The molecular weight excluding hydrogens is 250 g/mol. The maximum atomic E-state index is 5.20. The fourth-order valence-corrected chi connectivity index (χ4v) is 2.67. The van der Waals surface area contributed by atoms with E-state index in [2.05, 4.69) is 39.2 Å². The molecule has 2 heterocycles. The zero-order valence-electron chi connectivity index (χ0n) is 11.9. The predicted molar refractivity (Wildman–Crippen MR) is 81.3 cm³/mol. The minimum absolute atomic E-state index is 0.917. The van der Waals surface area contributed by atoms with Crippen LogP contribution >= 0.6 is 0 Å². The van der Waals surface area contributed by atoms with Gasteiger partial charge < -0.3 is 14.6 Å². The van der Waals surface area contributed by atoms with E-state index in [1.807, 2.05) is 18.3 Å². The van der Waals surface area contributed by atoms with Gasteiger partial charge >= 0.3 is 0 Å². The number of rotatable bonds is 4. The smallest absolute Gasteiger partial charge is 0.119 e. The molecule has 1 aliphatic rings. The summed E-state index contributed by atoms with van der Waals surface area (Å²) in [7, 11) is 1.70. The minimum atomic E-state index is 0.917. The van der Waals surface area contributed by atoms with E-state index in [4.69, 9.17) is 4.74 Å². The molecular formula is C16H21N3O. The lowest BCUT2D eigenvalue weighted by Crippen LogP contribution is -2.45. The highest BCUT2D eigenvalue weighted by molar-refractivity contribution is 5.49. The summed E-state index contributed by atoms with van der Waals surface area (Å²) >= 11 is 0. The Balaban J connectivity index is 1.55. The Labute approximate surface area is 120 Å². The summed E-state index contributed by atoms with van der Waals surface area (Å²) in [5.74, 6) is 0.917. The lowest BCUT2D eigenvalue weighted by Gasteiger charge is -2.36. The zero-order chi connectivity index (χ0) is 13.8. The topological polar surface area (TPSA) is 31.5 Å². The summed E-state index contributed by atoms with van der Waals surface area (Å²) < 4.78 is 5.20.